The van der Waals surface area contributed by atoms with E-state index in [9.17, 15) is 67.3 Å². The second-order valence-corrected chi connectivity index (χ2v) is 19.1. The summed E-state index contributed by atoms with van der Waals surface area (Å²) in [5.74, 6) is -0.114. The van der Waals surface area contributed by atoms with E-state index < -0.39 is 81.4 Å². The van der Waals surface area contributed by atoms with Gasteiger partial charge in [-0.25, -0.2) is 9.97 Å². The molecule has 6 N–H and O–H groups in total. The molecule has 0 saturated heterocycles. The van der Waals surface area contributed by atoms with Gasteiger partial charge in [0.05, 0.1) is 31.7 Å². The van der Waals surface area contributed by atoms with Crippen molar-refractivity contribution in [3.63, 3.8) is 0 Å². The predicted molar refractivity (Wildman–Crippen MR) is 218 cm³/mol. The van der Waals surface area contributed by atoms with E-state index in [2.05, 4.69) is 41.1 Å². The van der Waals surface area contributed by atoms with Gasteiger partial charge in [0, 0.05) is 39.8 Å². The summed E-state index contributed by atoms with van der Waals surface area (Å²) in [6.07, 6.45) is 0. The van der Waals surface area contributed by atoms with Crippen LogP contribution in [0.4, 0.5) is 50.2 Å². The maximum absolute atomic E-state index is 12.3. The highest BCUT2D eigenvalue weighted by molar-refractivity contribution is 7.86. The molecule has 0 saturated carbocycles. The third kappa shape index (κ3) is 9.89. The van der Waals surface area contributed by atoms with Gasteiger partial charge >= 0.3 is 0 Å². The number of thiazole rings is 1. The van der Waals surface area contributed by atoms with Crippen LogP contribution in [-0.2, 0) is 40.5 Å². The molecular formula is C33H24N10O14S5. The van der Waals surface area contributed by atoms with Crippen molar-refractivity contribution in [2.75, 3.05) is 10.6 Å². The van der Waals surface area contributed by atoms with Crippen molar-refractivity contribution in [3.8, 4) is 6.07 Å². The monoisotopic (exact) mass is 944 g/mol. The van der Waals surface area contributed by atoms with Gasteiger partial charge in [0.1, 0.15) is 21.5 Å². The van der Waals surface area contributed by atoms with Crippen LogP contribution in [0.15, 0.2) is 113 Å². The highest BCUT2D eigenvalue weighted by atomic mass is 32.2. The number of rotatable bonds is 13. The van der Waals surface area contributed by atoms with Gasteiger partial charge < -0.3 is 10.6 Å². The lowest BCUT2D eigenvalue weighted by Gasteiger charge is -2.16. The Morgan fingerprint density at radius 2 is 1.19 bits per heavy atom. The SMILES string of the molecule is Cc1nc(N=Nc2c(Nc3ccc(S(=O)(=O)O)cc3)nc(Nc3ccc(S(=O)(=O)O)cc3)c(C#N)c2C)sc1N=Nc1cc(S(=O)(=O)O)c2cc([N+](=O)[O-])cc(S(=O)(=O)O)c2c1. The lowest BCUT2D eigenvalue weighted by molar-refractivity contribution is -0.384. The molecule has 2 aromatic heterocycles. The third-order valence-electron chi connectivity index (χ3n) is 8.34. The van der Waals surface area contributed by atoms with E-state index in [-0.39, 0.29) is 61.3 Å². The number of azo groups is 2. The molecule has 6 aromatic rings. The van der Waals surface area contributed by atoms with Gasteiger partial charge in [-0.15, -0.1) is 20.5 Å². The number of benzene rings is 4. The molecule has 0 radical (unpaired) electrons. The second kappa shape index (κ2) is 16.6. The Balaban J connectivity index is 1.40. The number of nitro benzene ring substituents is 1. The van der Waals surface area contributed by atoms with E-state index >= 15 is 0 Å². The van der Waals surface area contributed by atoms with Crippen molar-refractivity contribution < 1.29 is 56.8 Å². The van der Waals surface area contributed by atoms with E-state index in [1.54, 1.807) is 0 Å². The summed E-state index contributed by atoms with van der Waals surface area (Å²) in [5, 5.41) is 42.7. The van der Waals surface area contributed by atoms with Crippen LogP contribution in [0.25, 0.3) is 10.8 Å². The average Bonchev–Trinajstić information content (AvgIpc) is 3.53. The van der Waals surface area contributed by atoms with Crippen molar-refractivity contribution in [3.05, 3.63) is 99.7 Å². The number of non-ortho nitro benzene ring substituents is 1. The van der Waals surface area contributed by atoms with Gasteiger partial charge in [0.25, 0.3) is 46.2 Å². The van der Waals surface area contributed by atoms with Gasteiger partial charge in [-0.1, -0.05) is 11.3 Å². The van der Waals surface area contributed by atoms with Gasteiger partial charge in [0.15, 0.2) is 16.6 Å². The smallest absolute Gasteiger partial charge is 0.295 e. The van der Waals surface area contributed by atoms with Gasteiger partial charge in [-0.05, 0) is 74.5 Å². The molecule has 0 unspecified atom stereocenters. The Kier molecular flexibility index (Phi) is 12.0. The third-order valence-corrected chi connectivity index (χ3v) is 12.8. The van der Waals surface area contributed by atoms with Crippen LogP contribution in [0, 0.1) is 35.3 Å². The van der Waals surface area contributed by atoms with Crippen LogP contribution in [0.2, 0.25) is 0 Å². The Morgan fingerprint density at radius 1 is 0.677 bits per heavy atom. The highest BCUT2D eigenvalue weighted by Crippen LogP contribution is 2.41. The number of aromatic nitrogens is 2. The van der Waals surface area contributed by atoms with Crippen LogP contribution in [-0.4, -0.2) is 66.8 Å². The maximum atomic E-state index is 12.3. The standard InChI is InChI=1S/C33H24N10O14S5/c1-16-26(15-34)30(36-18-3-7-22(8-4-18)59(46,47)48)38-31(37-19-5-9-23(10-6-19)60(49,50)51)29(16)40-42-33-35-17(2)32(58-33)41-39-20-11-24-25(27(12-20)61(52,53)54)13-21(43(44)45)14-28(24)62(55,56)57/h3-14H,1-2H3,(H2,36,37,38)(H,46,47,48)(H,49,50,51)(H,52,53,54)(H,55,56,57). The molecule has 0 bridgehead atoms. The normalized spacial score (nSPS) is 12.5. The summed E-state index contributed by atoms with van der Waals surface area (Å²) in [4.78, 5) is 16.3. The van der Waals surface area contributed by atoms with Gasteiger partial charge in [-0.2, -0.15) is 38.9 Å². The lowest BCUT2D eigenvalue weighted by atomic mass is 10.1. The molecular weight excluding hydrogens is 921 g/mol. The topological polar surface area (TPSA) is 384 Å². The van der Waals surface area contributed by atoms with Crippen molar-refractivity contribution in [2.24, 2.45) is 20.5 Å². The Bertz CT molecular complexity index is 3410. The minimum absolute atomic E-state index is 0.0347. The molecule has 0 amide bonds. The largest absolute Gasteiger partial charge is 0.339 e. The maximum Gasteiger partial charge on any atom is 0.295 e. The van der Waals surface area contributed by atoms with Crippen LogP contribution < -0.4 is 10.6 Å². The Morgan fingerprint density at radius 3 is 1.69 bits per heavy atom. The van der Waals surface area contributed by atoms with Crippen LogP contribution in [0.5, 0.6) is 0 Å². The number of hydrogen-bond acceptors (Lipinski definition) is 20. The summed E-state index contributed by atoms with van der Waals surface area (Å²) >= 11 is 0.791. The molecule has 24 nitrogen and oxygen atoms in total. The van der Waals surface area contributed by atoms with Crippen molar-refractivity contribution in [1.82, 2.24) is 9.97 Å². The first-order chi connectivity index (χ1) is 28.8. The highest BCUT2D eigenvalue weighted by Gasteiger charge is 2.26. The fourth-order valence-electron chi connectivity index (χ4n) is 5.49. The molecule has 62 heavy (non-hydrogen) atoms. The van der Waals surface area contributed by atoms with E-state index in [1.807, 2.05) is 6.07 Å². The first kappa shape index (κ1) is 44.8. The number of fused-ring (bicyclic) bond motifs is 1. The molecule has 0 aliphatic rings. The molecule has 0 atom stereocenters. The number of nitrogens with zero attached hydrogens (tertiary/aromatic N) is 8. The van der Waals surface area contributed by atoms with Crippen molar-refractivity contribution in [2.45, 2.75) is 33.4 Å². The second-order valence-electron chi connectivity index (χ2n) is 12.5. The number of nitriles is 1. The molecule has 0 spiro atoms. The summed E-state index contributed by atoms with van der Waals surface area (Å²) in [7, 11) is -19.4. The van der Waals surface area contributed by atoms with Crippen molar-refractivity contribution in [1.29, 1.82) is 5.26 Å². The summed E-state index contributed by atoms with van der Waals surface area (Å²) in [6, 6.07) is 14.5. The molecule has 320 valence electrons. The lowest BCUT2D eigenvalue weighted by Crippen LogP contribution is -2.05. The zero-order valence-corrected chi connectivity index (χ0v) is 35.0. The minimum atomic E-state index is -5.19. The molecule has 6 rings (SSSR count). The van der Waals surface area contributed by atoms with E-state index in [4.69, 9.17) is 0 Å². The Labute approximate surface area is 353 Å². The van der Waals surface area contributed by atoms with Crippen LogP contribution >= 0.6 is 11.3 Å². The molecule has 4 aromatic carbocycles. The zero-order chi connectivity index (χ0) is 45.5. The number of anilines is 4. The number of hydrogen-bond donors (Lipinski definition) is 6. The molecule has 0 fully saturated rings. The van der Waals surface area contributed by atoms with Crippen molar-refractivity contribution >= 4 is 113 Å². The first-order valence-corrected chi connectivity index (χ1v) is 23.1. The number of aryl methyl sites for hydroxylation is 1. The fraction of sp³-hybridized carbons (Fsp3) is 0.0606. The van der Waals surface area contributed by atoms with E-state index in [0.717, 1.165) is 47.7 Å². The molecule has 0 aliphatic carbocycles. The van der Waals surface area contributed by atoms with E-state index in [0.29, 0.717) is 12.1 Å². The fourth-order valence-corrected chi connectivity index (χ4v) is 8.59. The number of nitro groups is 1. The van der Waals surface area contributed by atoms with E-state index in [1.165, 1.54) is 38.1 Å². The number of pyridine rings is 1. The summed E-state index contributed by atoms with van der Waals surface area (Å²) < 4.78 is 134. The minimum Gasteiger partial charge on any atom is -0.339 e. The first-order valence-electron chi connectivity index (χ1n) is 16.5. The molecule has 29 heteroatoms. The van der Waals surface area contributed by atoms with Gasteiger partial charge in [0.2, 0.25) is 5.13 Å². The zero-order valence-electron chi connectivity index (χ0n) is 30.9. The summed E-state index contributed by atoms with van der Waals surface area (Å²) in [6.45, 7) is 2.98. The van der Waals surface area contributed by atoms with Crippen LogP contribution in [0.1, 0.15) is 16.8 Å². The summed E-state index contributed by atoms with van der Waals surface area (Å²) in [5.41, 5.74) is -0.509. The number of nitrogens with one attached hydrogen (secondary N) is 2. The predicted octanol–water partition coefficient (Wildman–Crippen LogP) is 7.39. The average molecular weight is 945 g/mol. The van der Waals surface area contributed by atoms with Gasteiger partial charge in [-0.3, -0.25) is 28.3 Å². The molecule has 2 heterocycles. The Hall–Kier alpha value is -6.75. The molecule has 0 aliphatic heterocycles. The van der Waals surface area contributed by atoms with Crippen LogP contribution in [0.3, 0.4) is 0 Å². The quantitative estimate of drug-likeness (QED) is 0.0284.